The third-order valence-corrected chi connectivity index (χ3v) is 2.95. The van der Waals surface area contributed by atoms with Gasteiger partial charge in [-0.05, 0) is 18.8 Å². The summed E-state index contributed by atoms with van der Waals surface area (Å²) in [4.78, 5) is 31.9. The van der Waals surface area contributed by atoms with E-state index in [1.54, 1.807) is 0 Å². The molecule has 9 nitrogen and oxygen atoms in total. The van der Waals surface area contributed by atoms with E-state index in [-0.39, 0.29) is 30.5 Å². The van der Waals surface area contributed by atoms with E-state index in [4.69, 9.17) is 5.11 Å². The van der Waals surface area contributed by atoms with Crippen molar-refractivity contribution in [1.82, 2.24) is 15.1 Å². The summed E-state index contributed by atoms with van der Waals surface area (Å²) in [5, 5.41) is 25.4. The number of hydrogen-bond acceptors (Lipinski definition) is 5. The number of amides is 1. The van der Waals surface area contributed by atoms with Crippen molar-refractivity contribution >= 4 is 17.6 Å². The van der Waals surface area contributed by atoms with E-state index in [2.05, 4.69) is 10.4 Å². The molecular weight excluding hydrogens is 280 g/mol. The predicted octanol–water partition coefficient (Wildman–Crippen LogP) is 0.798. The van der Waals surface area contributed by atoms with Gasteiger partial charge in [-0.15, -0.1) is 0 Å². The molecule has 0 saturated carbocycles. The van der Waals surface area contributed by atoms with E-state index >= 15 is 0 Å². The van der Waals surface area contributed by atoms with E-state index < -0.39 is 10.9 Å². The highest BCUT2D eigenvalue weighted by Gasteiger charge is 2.11. The molecule has 0 aromatic carbocycles. The van der Waals surface area contributed by atoms with Crippen LogP contribution in [0, 0.1) is 16.0 Å². The van der Waals surface area contributed by atoms with Gasteiger partial charge in [-0.2, -0.15) is 5.10 Å². The number of carbonyl (C=O) groups excluding carboxylic acids is 1. The third kappa shape index (κ3) is 6.50. The predicted molar refractivity (Wildman–Crippen MR) is 72.5 cm³/mol. The molecule has 1 atom stereocenters. The molecule has 116 valence electrons. The summed E-state index contributed by atoms with van der Waals surface area (Å²) < 4.78 is 1.20. The lowest BCUT2D eigenvalue weighted by Gasteiger charge is -2.10. The van der Waals surface area contributed by atoms with Crippen molar-refractivity contribution in [2.24, 2.45) is 5.92 Å². The highest BCUT2D eigenvalue weighted by Crippen LogP contribution is 2.09. The van der Waals surface area contributed by atoms with Crippen LogP contribution in [0.5, 0.6) is 0 Å². The van der Waals surface area contributed by atoms with Gasteiger partial charge in [0, 0.05) is 13.0 Å². The maximum absolute atomic E-state index is 11.6. The molecule has 1 aromatic heterocycles. The second-order valence-corrected chi connectivity index (χ2v) is 4.83. The van der Waals surface area contributed by atoms with Crippen LogP contribution in [0.3, 0.4) is 0 Å². The van der Waals surface area contributed by atoms with Crippen molar-refractivity contribution in [3.8, 4) is 0 Å². The van der Waals surface area contributed by atoms with Gasteiger partial charge in [-0.1, -0.05) is 6.92 Å². The number of aliphatic carboxylic acids is 1. The molecule has 9 heteroatoms. The zero-order valence-corrected chi connectivity index (χ0v) is 11.7. The summed E-state index contributed by atoms with van der Waals surface area (Å²) in [5.74, 6) is -0.920. The van der Waals surface area contributed by atoms with E-state index in [0.717, 1.165) is 6.20 Å². The van der Waals surface area contributed by atoms with Crippen LogP contribution in [0.1, 0.15) is 26.2 Å². The van der Waals surface area contributed by atoms with Crippen molar-refractivity contribution in [3.63, 3.8) is 0 Å². The van der Waals surface area contributed by atoms with Gasteiger partial charge in [0.05, 0.1) is 4.92 Å². The summed E-state index contributed by atoms with van der Waals surface area (Å²) in [5.41, 5.74) is -0.162. The number of rotatable bonds is 9. The molecule has 1 heterocycles. The lowest BCUT2D eigenvalue weighted by Crippen LogP contribution is -2.29. The number of nitrogens with zero attached hydrogens (tertiary/aromatic N) is 3. The van der Waals surface area contributed by atoms with Crippen LogP contribution >= 0.6 is 0 Å². The molecule has 0 fully saturated rings. The van der Waals surface area contributed by atoms with Crippen LogP contribution in [0.4, 0.5) is 5.69 Å². The minimum atomic E-state index is -0.828. The maximum atomic E-state index is 11.6. The SMILES string of the molecule is CC(CCNC(=O)Cn1cc([N+](=O)[O-])cn1)CCC(=O)O. The third-order valence-electron chi connectivity index (χ3n) is 2.95. The Hall–Kier alpha value is -2.45. The highest BCUT2D eigenvalue weighted by molar-refractivity contribution is 5.75. The first-order valence-electron chi connectivity index (χ1n) is 6.54. The van der Waals surface area contributed by atoms with Crippen molar-refractivity contribution < 1.29 is 19.6 Å². The Balaban J connectivity index is 2.24. The van der Waals surface area contributed by atoms with Gasteiger partial charge in [-0.25, -0.2) is 0 Å². The number of carbonyl (C=O) groups is 2. The molecule has 0 saturated heterocycles. The van der Waals surface area contributed by atoms with E-state index in [1.165, 1.54) is 10.9 Å². The summed E-state index contributed by atoms with van der Waals surface area (Å²) in [6.07, 6.45) is 3.64. The van der Waals surface area contributed by atoms with Gasteiger partial charge >= 0.3 is 11.7 Å². The molecule has 0 spiro atoms. The number of carboxylic acids is 1. The highest BCUT2D eigenvalue weighted by atomic mass is 16.6. The Morgan fingerprint density at radius 3 is 2.81 bits per heavy atom. The van der Waals surface area contributed by atoms with Crippen molar-refractivity contribution in [1.29, 1.82) is 0 Å². The van der Waals surface area contributed by atoms with E-state index in [9.17, 15) is 19.7 Å². The zero-order valence-electron chi connectivity index (χ0n) is 11.7. The molecule has 21 heavy (non-hydrogen) atoms. The lowest BCUT2D eigenvalue weighted by atomic mass is 10.0. The first-order valence-corrected chi connectivity index (χ1v) is 6.54. The molecule has 1 amide bonds. The largest absolute Gasteiger partial charge is 0.481 e. The molecule has 0 aliphatic rings. The normalized spacial score (nSPS) is 11.9. The maximum Gasteiger partial charge on any atom is 0.307 e. The van der Waals surface area contributed by atoms with Crippen molar-refractivity contribution in [3.05, 3.63) is 22.5 Å². The molecule has 0 radical (unpaired) electrons. The molecular formula is C12H18N4O5. The van der Waals surface area contributed by atoms with Crippen LogP contribution < -0.4 is 5.32 Å². The van der Waals surface area contributed by atoms with E-state index in [1.807, 2.05) is 6.92 Å². The fourth-order valence-corrected chi connectivity index (χ4v) is 1.71. The van der Waals surface area contributed by atoms with Crippen LogP contribution in [-0.4, -0.2) is 38.2 Å². The molecule has 0 bridgehead atoms. The summed E-state index contributed by atoms with van der Waals surface area (Å²) >= 11 is 0. The van der Waals surface area contributed by atoms with Gasteiger partial charge in [0.1, 0.15) is 18.9 Å². The molecule has 2 N–H and O–H groups in total. The van der Waals surface area contributed by atoms with Gasteiger partial charge in [-0.3, -0.25) is 24.4 Å². The quantitative estimate of drug-likeness (QED) is 0.512. The second-order valence-electron chi connectivity index (χ2n) is 4.83. The molecule has 1 unspecified atom stereocenters. The topological polar surface area (TPSA) is 127 Å². The number of nitro groups is 1. The molecule has 1 aromatic rings. The van der Waals surface area contributed by atoms with Gasteiger partial charge in [0.15, 0.2) is 0 Å². The van der Waals surface area contributed by atoms with Crippen molar-refractivity contribution in [2.75, 3.05) is 6.54 Å². The van der Waals surface area contributed by atoms with Crippen LogP contribution in [0.15, 0.2) is 12.4 Å². The van der Waals surface area contributed by atoms with Crippen LogP contribution in [0.2, 0.25) is 0 Å². The number of carboxylic acid groups (broad SMARTS) is 1. The fourth-order valence-electron chi connectivity index (χ4n) is 1.71. The monoisotopic (exact) mass is 298 g/mol. The Labute approximate surface area is 121 Å². The van der Waals surface area contributed by atoms with Gasteiger partial charge in [0.2, 0.25) is 5.91 Å². The Morgan fingerprint density at radius 2 is 2.24 bits per heavy atom. The first kappa shape index (κ1) is 16.6. The lowest BCUT2D eigenvalue weighted by molar-refractivity contribution is -0.385. The number of hydrogen-bond donors (Lipinski definition) is 2. The van der Waals surface area contributed by atoms with Crippen LogP contribution in [0.25, 0.3) is 0 Å². The van der Waals surface area contributed by atoms with Gasteiger partial charge in [0.25, 0.3) is 0 Å². The Morgan fingerprint density at radius 1 is 1.52 bits per heavy atom. The Bertz CT molecular complexity index is 514. The zero-order chi connectivity index (χ0) is 15.8. The minimum absolute atomic E-state index is 0.0860. The summed E-state index contributed by atoms with van der Waals surface area (Å²) in [6, 6.07) is 0. The molecule has 1 rings (SSSR count). The molecule has 0 aliphatic heterocycles. The summed E-state index contributed by atoms with van der Waals surface area (Å²) in [7, 11) is 0. The number of nitrogens with one attached hydrogen (secondary N) is 1. The van der Waals surface area contributed by atoms with E-state index in [0.29, 0.717) is 19.4 Å². The fraction of sp³-hybridized carbons (Fsp3) is 0.583. The average Bonchev–Trinajstić information content (AvgIpc) is 2.85. The first-order chi connectivity index (χ1) is 9.88. The average molecular weight is 298 g/mol. The second kappa shape index (κ2) is 7.98. The van der Waals surface area contributed by atoms with Gasteiger partial charge < -0.3 is 10.4 Å². The number of aromatic nitrogens is 2. The minimum Gasteiger partial charge on any atom is -0.481 e. The van der Waals surface area contributed by atoms with Crippen molar-refractivity contribution in [2.45, 2.75) is 32.7 Å². The summed E-state index contributed by atoms with van der Waals surface area (Å²) in [6.45, 7) is 2.27. The molecule has 0 aliphatic carbocycles. The Kier molecular flexibility index (Phi) is 6.31. The van der Waals surface area contributed by atoms with Crippen LogP contribution in [-0.2, 0) is 16.1 Å². The smallest absolute Gasteiger partial charge is 0.307 e. The standard InChI is InChI=1S/C12H18N4O5/c1-9(2-3-12(18)19)4-5-13-11(17)8-15-7-10(6-14-15)16(20)21/h6-7,9H,2-5,8H2,1H3,(H,13,17)(H,18,19).